The fourth-order valence-electron chi connectivity index (χ4n) is 2.18. The minimum Gasteiger partial charge on any atom is -0.491 e. The molecule has 0 spiro atoms. The van der Waals surface area contributed by atoms with Crippen LogP contribution in [0.5, 0.6) is 11.5 Å². The minimum atomic E-state index is -0.194. The van der Waals surface area contributed by atoms with E-state index in [2.05, 4.69) is 19.2 Å². The number of carbonyl (C=O) groups is 1. The van der Waals surface area contributed by atoms with Crippen molar-refractivity contribution in [2.45, 2.75) is 39.7 Å². The number of amides is 1. The smallest absolute Gasteiger partial charge is 0.262 e. The molecule has 1 amide bonds. The van der Waals surface area contributed by atoms with Crippen molar-refractivity contribution in [3.8, 4) is 11.5 Å². The molecule has 0 fully saturated rings. The molecular formula is C20H25NO3. The third kappa shape index (κ3) is 5.61. The van der Waals surface area contributed by atoms with E-state index in [0.717, 1.165) is 11.4 Å². The second-order valence-electron chi connectivity index (χ2n) is 6.25. The van der Waals surface area contributed by atoms with Gasteiger partial charge >= 0.3 is 0 Å². The lowest BCUT2D eigenvalue weighted by atomic mass is 10.0. The monoisotopic (exact) mass is 327 g/mol. The first-order valence-electron chi connectivity index (χ1n) is 8.23. The SMILES string of the molecule is CC(C)Oc1ccc(NC(=O)COc2ccc(C(C)C)cc2)cc1. The van der Waals surface area contributed by atoms with Gasteiger partial charge in [0.05, 0.1) is 6.10 Å². The van der Waals surface area contributed by atoms with Crippen LogP contribution in [-0.4, -0.2) is 18.6 Å². The number of nitrogens with one attached hydrogen (secondary N) is 1. The molecule has 2 aromatic carbocycles. The second-order valence-corrected chi connectivity index (χ2v) is 6.25. The number of ether oxygens (including phenoxy) is 2. The summed E-state index contributed by atoms with van der Waals surface area (Å²) in [5.41, 5.74) is 1.96. The van der Waals surface area contributed by atoms with Crippen molar-refractivity contribution >= 4 is 11.6 Å². The van der Waals surface area contributed by atoms with Crippen molar-refractivity contribution in [1.29, 1.82) is 0 Å². The van der Waals surface area contributed by atoms with E-state index < -0.39 is 0 Å². The molecule has 0 radical (unpaired) electrons. The van der Waals surface area contributed by atoms with Crippen LogP contribution in [0.1, 0.15) is 39.2 Å². The van der Waals surface area contributed by atoms with Gasteiger partial charge in [-0.05, 0) is 61.7 Å². The first kappa shape index (κ1) is 17.9. The predicted octanol–water partition coefficient (Wildman–Crippen LogP) is 4.61. The van der Waals surface area contributed by atoms with Crippen LogP contribution in [0.15, 0.2) is 48.5 Å². The average Bonchev–Trinajstić information content (AvgIpc) is 2.54. The van der Waals surface area contributed by atoms with Crippen molar-refractivity contribution in [3.63, 3.8) is 0 Å². The van der Waals surface area contributed by atoms with Crippen LogP contribution in [0.2, 0.25) is 0 Å². The topological polar surface area (TPSA) is 47.6 Å². The molecule has 24 heavy (non-hydrogen) atoms. The molecule has 0 unspecified atom stereocenters. The zero-order valence-electron chi connectivity index (χ0n) is 14.7. The van der Waals surface area contributed by atoms with Gasteiger partial charge in [0.1, 0.15) is 11.5 Å². The Morgan fingerprint density at radius 1 is 0.917 bits per heavy atom. The highest BCUT2D eigenvalue weighted by molar-refractivity contribution is 5.91. The molecule has 4 nitrogen and oxygen atoms in total. The summed E-state index contributed by atoms with van der Waals surface area (Å²) in [4.78, 5) is 12.0. The van der Waals surface area contributed by atoms with Gasteiger partial charge in [-0.1, -0.05) is 26.0 Å². The van der Waals surface area contributed by atoms with Gasteiger partial charge in [0.15, 0.2) is 6.61 Å². The van der Waals surface area contributed by atoms with Gasteiger partial charge in [-0.3, -0.25) is 4.79 Å². The van der Waals surface area contributed by atoms with Gasteiger partial charge in [0.25, 0.3) is 5.91 Å². The third-order valence-electron chi connectivity index (χ3n) is 3.43. The van der Waals surface area contributed by atoms with Gasteiger partial charge in [0, 0.05) is 5.69 Å². The lowest BCUT2D eigenvalue weighted by Gasteiger charge is -2.11. The Morgan fingerprint density at radius 2 is 1.50 bits per heavy atom. The second kappa shape index (κ2) is 8.39. The zero-order chi connectivity index (χ0) is 17.5. The van der Waals surface area contributed by atoms with E-state index in [4.69, 9.17) is 9.47 Å². The van der Waals surface area contributed by atoms with E-state index in [-0.39, 0.29) is 18.6 Å². The number of benzene rings is 2. The summed E-state index contributed by atoms with van der Waals surface area (Å²) in [5.74, 6) is 1.75. The Morgan fingerprint density at radius 3 is 2.04 bits per heavy atom. The Hall–Kier alpha value is -2.49. The van der Waals surface area contributed by atoms with Crippen molar-refractivity contribution < 1.29 is 14.3 Å². The van der Waals surface area contributed by atoms with Crippen LogP contribution in [-0.2, 0) is 4.79 Å². The van der Waals surface area contributed by atoms with E-state index in [0.29, 0.717) is 11.7 Å². The molecule has 2 aromatic rings. The van der Waals surface area contributed by atoms with Gasteiger partial charge in [-0.25, -0.2) is 0 Å². The first-order chi connectivity index (χ1) is 11.4. The normalized spacial score (nSPS) is 10.8. The molecule has 0 bridgehead atoms. The van der Waals surface area contributed by atoms with Gasteiger partial charge < -0.3 is 14.8 Å². The highest BCUT2D eigenvalue weighted by Gasteiger charge is 2.05. The Kier molecular flexibility index (Phi) is 6.24. The molecule has 0 saturated heterocycles. The molecule has 0 aliphatic rings. The summed E-state index contributed by atoms with van der Waals surface area (Å²) < 4.78 is 11.1. The first-order valence-corrected chi connectivity index (χ1v) is 8.23. The molecule has 2 rings (SSSR count). The minimum absolute atomic E-state index is 0.0225. The summed E-state index contributed by atoms with van der Waals surface area (Å²) in [6, 6.07) is 15.1. The molecule has 0 aliphatic carbocycles. The molecule has 4 heteroatoms. The maximum atomic E-state index is 12.0. The van der Waals surface area contributed by atoms with E-state index in [1.54, 1.807) is 0 Å². The lowest BCUT2D eigenvalue weighted by Crippen LogP contribution is -2.20. The number of anilines is 1. The van der Waals surface area contributed by atoms with Crippen molar-refractivity contribution in [3.05, 3.63) is 54.1 Å². The Labute approximate surface area is 143 Å². The fourth-order valence-corrected chi connectivity index (χ4v) is 2.18. The number of hydrogen-bond donors (Lipinski definition) is 1. The van der Waals surface area contributed by atoms with Crippen molar-refractivity contribution in [2.75, 3.05) is 11.9 Å². The zero-order valence-corrected chi connectivity index (χ0v) is 14.7. The molecule has 0 saturated carbocycles. The van der Waals surface area contributed by atoms with Crippen LogP contribution in [0.25, 0.3) is 0 Å². The summed E-state index contributed by atoms with van der Waals surface area (Å²) in [6.45, 7) is 8.20. The van der Waals surface area contributed by atoms with Crippen LogP contribution >= 0.6 is 0 Å². The molecule has 0 aromatic heterocycles. The van der Waals surface area contributed by atoms with Gasteiger partial charge in [0.2, 0.25) is 0 Å². The molecule has 128 valence electrons. The molecule has 0 atom stereocenters. The summed E-state index contributed by atoms with van der Waals surface area (Å²) in [6.07, 6.45) is 0.126. The van der Waals surface area contributed by atoms with E-state index in [9.17, 15) is 4.79 Å². The van der Waals surface area contributed by atoms with Crippen LogP contribution < -0.4 is 14.8 Å². The Balaban J connectivity index is 1.82. The number of carbonyl (C=O) groups excluding carboxylic acids is 1. The summed E-state index contributed by atoms with van der Waals surface area (Å²) in [7, 11) is 0. The maximum Gasteiger partial charge on any atom is 0.262 e. The summed E-state index contributed by atoms with van der Waals surface area (Å²) >= 11 is 0. The predicted molar refractivity (Wildman–Crippen MR) is 96.9 cm³/mol. The Bertz CT molecular complexity index is 646. The standard InChI is InChI=1S/C20H25NO3/c1-14(2)16-5-9-18(10-6-16)23-13-20(22)21-17-7-11-19(12-8-17)24-15(3)4/h5-12,14-15H,13H2,1-4H3,(H,21,22). The van der Waals surface area contributed by atoms with E-state index >= 15 is 0 Å². The quantitative estimate of drug-likeness (QED) is 0.807. The van der Waals surface area contributed by atoms with Gasteiger partial charge in [-0.2, -0.15) is 0 Å². The van der Waals surface area contributed by atoms with Crippen LogP contribution in [0.3, 0.4) is 0 Å². The van der Waals surface area contributed by atoms with Crippen LogP contribution in [0, 0.1) is 0 Å². The highest BCUT2D eigenvalue weighted by Crippen LogP contribution is 2.19. The largest absolute Gasteiger partial charge is 0.491 e. The lowest BCUT2D eigenvalue weighted by molar-refractivity contribution is -0.118. The molecule has 0 aliphatic heterocycles. The molecular weight excluding hydrogens is 302 g/mol. The maximum absolute atomic E-state index is 12.0. The molecule has 0 heterocycles. The van der Waals surface area contributed by atoms with E-state index in [1.165, 1.54) is 5.56 Å². The number of hydrogen-bond acceptors (Lipinski definition) is 3. The third-order valence-corrected chi connectivity index (χ3v) is 3.43. The van der Waals surface area contributed by atoms with Crippen molar-refractivity contribution in [2.24, 2.45) is 0 Å². The summed E-state index contributed by atoms with van der Waals surface area (Å²) in [5, 5.41) is 2.80. The number of rotatable bonds is 7. The van der Waals surface area contributed by atoms with E-state index in [1.807, 2.05) is 62.4 Å². The van der Waals surface area contributed by atoms with Crippen molar-refractivity contribution in [1.82, 2.24) is 0 Å². The van der Waals surface area contributed by atoms with Crippen LogP contribution in [0.4, 0.5) is 5.69 Å². The fraction of sp³-hybridized carbons (Fsp3) is 0.350. The highest BCUT2D eigenvalue weighted by atomic mass is 16.5. The average molecular weight is 327 g/mol. The van der Waals surface area contributed by atoms with Gasteiger partial charge in [-0.15, -0.1) is 0 Å². The molecule has 1 N–H and O–H groups in total.